The summed E-state index contributed by atoms with van der Waals surface area (Å²) >= 11 is 15.7. The SMILES string of the molecule is O=C(CCCc1ccc(Cl)cc1)c1ccc(Oc2c(Cl)cc3c(c2Br)OCCC3C(=O)[O-])cc1.[Na+]. The molecule has 9 heteroatoms. The van der Waals surface area contributed by atoms with E-state index in [4.69, 9.17) is 32.7 Å². The van der Waals surface area contributed by atoms with Crippen molar-refractivity contribution in [2.24, 2.45) is 0 Å². The zero-order valence-corrected chi connectivity index (χ0v) is 24.1. The molecular weight excluding hydrogens is 566 g/mol. The van der Waals surface area contributed by atoms with Crippen molar-refractivity contribution in [2.45, 2.75) is 31.6 Å². The molecular formula is C26H20BrCl2NaO5. The topological polar surface area (TPSA) is 75.7 Å². The molecule has 176 valence electrons. The van der Waals surface area contributed by atoms with E-state index in [2.05, 4.69) is 15.9 Å². The molecule has 0 bridgehead atoms. The first-order valence-corrected chi connectivity index (χ1v) is 12.3. The molecule has 5 nitrogen and oxygen atoms in total. The number of aliphatic carboxylic acids is 1. The van der Waals surface area contributed by atoms with Crippen LogP contribution in [0.2, 0.25) is 10.0 Å². The number of hydrogen-bond acceptors (Lipinski definition) is 5. The van der Waals surface area contributed by atoms with Gasteiger partial charge in [0, 0.05) is 34.5 Å². The summed E-state index contributed by atoms with van der Waals surface area (Å²) in [6.07, 6.45) is 2.29. The van der Waals surface area contributed by atoms with E-state index < -0.39 is 11.9 Å². The van der Waals surface area contributed by atoms with Crippen LogP contribution in [-0.4, -0.2) is 18.4 Å². The summed E-state index contributed by atoms with van der Waals surface area (Å²) in [4.78, 5) is 24.0. The fourth-order valence-electron chi connectivity index (χ4n) is 3.86. The molecule has 1 aliphatic rings. The zero-order valence-electron chi connectivity index (χ0n) is 19.0. The number of carboxylic acid groups (broad SMARTS) is 1. The van der Waals surface area contributed by atoms with Gasteiger partial charge in [-0.2, -0.15) is 0 Å². The van der Waals surface area contributed by atoms with Crippen LogP contribution in [0, 0.1) is 0 Å². The van der Waals surface area contributed by atoms with Crippen molar-refractivity contribution in [1.29, 1.82) is 0 Å². The third kappa shape index (κ3) is 6.82. The summed E-state index contributed by atoms with van der Waals surface area (Å²) in [5, 5.41) is 12.4. The summed E-state index contributed by atoms with van der Waals surface area (Å²) in [5.41, 5.74) is 2.19. The van der Waals surface area contributed by atoms with E-state index in [-0.39, 0.29) is 47.0 Å². The van der Waals surface area contributed by atoms with Crippen LogP contribution < -0.4 is 44.1 Å². The van der Waals surface area contributed by atoms with Crippen molar-refractivity contribution in [2.75, 3.05) is 6.61 Å². The Hall–Kier alpha value is -1.54. The Morgan fingerprint density at radius 3 is 2.43 bits per heavy atom. The van der Waals surface area contributed by atoms with Gasteiger partial charge >= 0.3 is 29.6 Å². The Bertz CT molecular complexity index is 1220. The number of hydrogen-bond donors (Lipinski definition) is 0. The van der Waals surface area contributed by atoms with Gasteiger partial charge in [-0.25, -0.2) is 0 Å². The number of ketones is 1. The van der Waals surface area contributed by atoms with Crippen LogP contribution >= 0.6 is 39.1 Å². The standard InChI is InChI=1S/C26H21BrCl2O5.Na/c27-23-24-20(19(26(31)32)12-13-33-24)14-21(29)25(23)34-18-10-6-16(7-11-18)22(30)3-1-2-15-4-8-17(28)9-5-15;/h4-11,14,19H,1-3,12-13H2,(H,31,32);/q;+1/p-1. The number of halogens is 3. The minimum Gasteiger partial charge on any atom is -0.549 e. The van der Waals surface area contributed by atoms with Gasteiger partial charge in [0.1, 0.15) is 16.0 Å². The minimum absolute atomic E-state index is 0. The summed E-state index contributed by atoms with van der Waals surface area (Å²) in [7, 11) is 0. The molecule has 0 fully saturated rings. The normalized spacial score (nSPS) is 14.3. The average molecular weight is 586 g/mol. The van der Waals surface area contributed by atoms with Gasteiger partial charge in [-0.3, -0.25) is 4.79 Å². The van der Waals surface area contributed by atoms with Crippen molar-refractivity contribution in [3.63, 3.8) is 0 Å². The third-order valence-corrected chi connectivity index (χ3v) is 6.90. The van der Waals surface area contributed by atoms with Crippen LogP contribution in [0.25, 0.3) is 0 Å². The van der Waals surface area contributed by atoms with Gasteiger partial charge in [0.25, 0.3) is 0 Å². The van der Waals surface area contributed by atoms with E-state index in [0.29, 0.717) is 50.7 Å². The number of carbonyl (C=O) groups is 2. The predicted molar refractivity (Wildman–Crippen MR) is 132 cm³/mol. The first kappa shape index (κ1) is 28.0. The van der Waals surface area contributed by atoms with Gasteiger partial charge in [-0.15, -0.1) is 0 Å². The second-order valence-corrected chi connectivity index (χ2v) is 9.59. The maximum Gasteiger partial charge on any atom is 1.00 e. The molecule has 0 aliphatic carbocycles. The number of benzene rings is 3. The van der Waals surface area contributed by atoms with Gasteiger partial charge in [0.2, 0.25) is 0 Å². The molecule has 0 aromatic heterocycles. The average Bonchev–Trinajstić information content (AvgIpc) is 2.83. The van der Waals surface area contributed by atoms with Crippen LogP contribution in [0.1, 0.15) is 46.7 Å². The zero-order chi connectivity index (χ0) is 24.2. The van der Waals surface area contributed by atoms with E-state index in [0.717, 1.165) is 18.4 Å². The van der Waals surface area contributed by atoms with Gasteiger partial charge in [0.05, 0.1) is 11.6 Å². The van der Waals surface area contributed by atoms with Crippen molar-refractivity contribution >= 4 is 50.9 Å². The molecule has 3 aromatic carbocycles. The number of rotatable bonds is 8. The monoisotopic (exact) mass is 584 g/mol. The molecule has 0 saturated heterocycles. The number of ether oxygens (including phenoxy) is 2. The Morgan fingerprint density at radius 1 is 1.09 bits per heavy atom. The molecule has 35 heavy (non-hydrogen) atoms. The van der Waals surface area contributed by atoms with E-state index in [9.17, 15) is 14.7 Å². The van der Waals surface area contributed by atoms with Crippen molar-refractivity contribution < 1.29 is 53.7 Å². The summed E-state index contributed by atoms with van der Waals surface area (Å²) < 4.78 is 12.0. The molecule has 0 spiro atoms. The Kier molecular flexibility index (Phi) is 10.1. The van der Waals surface area contributed by atoms with Crippen LogP contribution in [0.4, 0.5) is 0 Å². The Balaban J connectivity index is 0.00000342. The minimum atomic E-state index is -1.17. The third-order valence-electron chi connectivity index (χ3n) is 5.65. The van der Waals surface area contributed by atoms with Crippen LogP contribution in [0.15, 0.2) is 59.1 Å². The maximum atomic E-state index is 12.6. The number of aryl methyl sites for hydroxylation is 1. The van der Waals surface area contributed by atoms with Crippen LogP contribution in [0.5, 0.6) is 17.2 Å². The second-order valence-electron chi connectivity index (χ2n) is 7.96. The van der Waals surface area contributed by atoms with Crippen LogP contribution in [-0.2, 0) is 11.2 Å². The van der Waals surface area contributed by atoms with Crippen LogP contribution in [0.3, 0.4) is 0 Å². The molecule has 0 N–H and O–H groups in total. The molecule has 1 aliphatic heterocycles. The molecule has 0 saturated carbocycles. The van der Waals surface area contributed by atoms with Crippen molar-refractivity contribution in [3.8, 4) is 17.2 Å². The largest absolute Gasteiger partial charge is 1.00 e. The fraction of sp³-hybridized carbons (Fsp3) is 0.231. The smallest absolute Gasteiger partial charge is 0.549 e. The summed E-state index contributed by atoms with van der Waals surface area (Å²) in [5.74, 6) is -0.747. The molecule has 0 amide bonds. The first-order valence-electron chi connectivity index (χ1n) is 10.7. The molecule has 1 atom stereocenters. The first-order chi connectivity index (χ1) is 16.3. The quantitative estimate of drug-likeness (QED) is 0.299. The number of carbonyl (C=O) groups excluding carboxylic acids is 2. The number of carboxylic acids is 1. The molecule has 4 rings (SSSR count). The maximum absolute atomic E-state index is 12.6. The molecule has 0 radical (unpaired) electrons. The molecule has 3 aromatic rings. The van der Waals surface area contributed by atoms with E-state index in [1.54, 1.807) is 24.3 Å². The summed E-state index contributed by atoms with van der Waals surface area (Å²) in [6, 6.07) is 16.0. The van der Waals surface area contributed by atoms with Gasteiger partial charge in [-0.1, -0.05) is 35.3 Å². The van der Waals surface area contributed by atoms with Gasteiger partial charge in [-0.05, 0) is 83.2 Å². The van der Waals surface area contributed by atoms with E-state index in [1.807, 2.05) is 24.3 Å². The second kappa shape index (κ2) is 12.6. The van der Waals surface area contributed by atoms with E-state index >= 15 is 0 Å². The van der Waals surface area contributed by atoms with E-state index in [1.165, 1.54) is 6.07 Å². The van der Waals surface area contributed by atoms with Gasteiger partial charge in [0.15, 0.2) is 11.5 Å². The van der Waals surface area contributed by atoms with Crippen molar-refractivity contribution in [3.05, 3.63) is 85.8 Å². The summed E-state index contributed by atoms with van der Waals surface area (Å²) in [6.45, 7) is 0.250. The molecule has 1 unspecified atom stereocenters. The fourth-order valence-corrected chi connectivity index (χ4v) is 4.98. The number of fused-ring (bicyclic) bond motifs is 1. The predicted octanol–water partition coefficient (Wildman–Crippen LogP) is 3.37. The number of Topliss-reactive ketones (excluding diaryl/α,β-unsaturated/α-hetero) is 1. The Labute approximate surface area is 244 Å². The Morgan fingerprint density at radius 2 is 1.77 bits per heavy atom. The van der Waals surface area contributed by atoms with Crippen molar-refractivity contribution in [1.82, 2.24) is 0 Å². The van der Waals surface area contributed by atoms with Gasteiger partial charge < -0.3 is 19.4 Å². The molecule has 1 heterocycles.